The molecule has 1 atom stereocenters. The van der Waals surface area contributed by atoms with Crippen LogP contribution >= 0.6 is 0 Å². The van der Waals surface area contributed by atoms with E-state index in [1.165, 1.54) is 35.5 Å². The highest BCUT2D eigenvalue weighted by Crippen LogP contribution is 2.33. The van der Waals surface area contributed by atoms with E-state index in [0.29, 0.717) is 18.8 Å². The van der Waals surface area contributed by atoms with Crippen LogP contribution in [0.1, 0.15) is 17.5 Å². The first kappa shape index (κ1) is 26.3. The molecule has 0 aliphatic heterocycles. The van der Waals surface area contributed by atoms with E-state index < -0.39 is 17.2 Å². The van der Waals surface area contributed by atoms with Gasteiger partial charge in [-0.05, 0) is 60.5 Å². The summed E-state index contributed by atoms with van der Waals surface area (Å²) in [5.74, 6) is -1.89. The topological polar surface area (TPSA) is 93.7 Å². The molecule has 11 heteroatoms. The number of rotatable bonds is 10. The molecule has 0 unspecified atom stereocenters. The van der Waals surface area contributed by atoms with E-state index in [9.17, 15) is 18.3 Å². The molecule has 39 heavy (non-hydrogen) atoms. The monoisotopic (exact) mass is 533 g/mol. The molecule has 0 radical (unpaired) electrons. The van der Waals surface area contributed by atoms with Crippen LogP contribution in [0.5, 0.6) is 0 Å². The molecule has 8 nitrogen and oxygen atoms in total. The third-order valence-corrected chi connectivity index (χ3v) is 6.49. The van der Waals surface area contributed by atoms with Gasteiger partial charge in [-0.25, -0.2) is 22.8 Å². The average molecular weight is 534 g/mol. The molecule has 200 valence electrons. The Labute approximate surface area is 222 Å². The first-order chi connectivity index (χ1) is 18.8. The van der Waals surface area contributed by atoms with Gasteiger partial charge in [0, 0.05) is 54.9 Å². The van der Waals surface area contributed by atoms with E-state index in [2.05, 4.69) is 25.5 Å². The van der Waals surface area contributed by atoms with Crippen LogP contribution in [0.15, 0.2) is 79.8 Å². The van der Waals surface area contributed by atoms with Crippen molar-refractivity contribution in [2.75, 3.05) is 6.54 Å². The molecule has 0 bridgehead atoms. The van der Waals surface area contributed by atoms with Crippen molar-refractivity contribution in [1.29, 1.82) is 0 Å². The molecule has 3 aromatic heterocycles. The average Bonchev–Trinajstić information content (AvgIpc) is 3.56. The zero-order valence-electron chi connectivity index (χ0n) is 21.1. The lowest BCUT2D eigenvalue weighted by Crippen LogP contribution is -2.36. The third kappa shape index (κ3) is 5.89. The summed E-state index contributed by atoms with van der Waals surface area (Å²) in [5, 5.41) is 23.4. The molecule has 0 amide bonds. The van der Waals surface area contributed by atoms with Crippen LogP contribution in [0.4, 0.5) is 13.2 Å². The van der Waals surface area contributed by atoms with Crippen LogP contribution in [0.2, 0.25) is 0 Å². The fraction of sp³-hybridized carbons (Fsp3) is 0.214. The van der Waals surface area contributed by atoms with E-state index in [1.54, 1.807) is 29.2 Å². The number of halogens is 3. The highest BCUT2D eigenvalue weighted by molar-refractivity contribution is 5.81. The summed E-state index contributed by atoms with van der Waals surface area (Å²) in [4.78, 5) is 8.15. The van der Waals surface area contributed by atoms with Gasteiger partial charge in [0.05, 0.1) is 6.54 Å². The maximum absolute atomic E-state index is 14.7. The van der Waals surface area contributed by atoms with Gasteiger partial charge in [-0.3, -0.25) is 9.67 Å². The highest BCUT2D eigenvalue weighted by atomic mass is 19.1. The van der Waals surface area contributed by atoms with Gasteiger partial charge in [-0.2, -0.15) is 10.2 Å². The van der Waals surface area contributed by atoms with E-state index in [0.717, 1.165) is 34.4 Å². The van der Waals surface area contributed by atoms with Crippen molar-refractivity contribution >= 4 is 0 Å². The van der Waals surface area contributed by atoms with Crippen molar-refractivity contribution in [3.63, 3.8) is 0 Å². The fourth-order valence-electron chi connectivity index (χ4n) is 4.60. The number of nitrogens with zero attached hydrogens (tertiary/aromatic N) is 6. The summed E-state index contributed by atoms with van der Waals surface area (Å²) in [5.41, 5.74) is 2.42. The van der Waals surface area contributed by atoms with Crippen molar-refractivity contribution in [1.82, 2.24) is 34.8 Å². The molecule has 3 heterocycles. The molecule has 0 spiro atoms. The minimum absolute atomic E-state index is 0.0254. The van der Waals surface area contributed by atoms with Crippen LogP contribution < -0.4 is 5.32 Å². The Morgan fingerprint density at radius 3 is 2.51 bits per heavy atom. The zero-order valence-corrected chi connectivity index (χ0v) is 21.1. The number of benzene rings is 2. The second kappa shape index (κ2) is 11.2. The van der Waals surface area contributed by atoms with Crippen molar-refractivity contribution < 1.29 is 18.3 Å². The molecule has 0 aliphatic carbocycles. The summed E-state index contributed by atoms with van der Waals surface area (Å²) in [7, 11) is 1.82. The minimum Gasteiger partial charge on any atom is -0.383 e. The molecule has 0 saturated carbocycles. The standard InChI is InChI=1S/C28H26F3N7O/c1-37-15-24(27(36-37)19-2-4-21(29)5-3-19)23-8-10-32-13-20(23)14-33-11-9-28(39,16-38-18-34-17-35-38)25-7-6-22(30)12-26(25)31/h2-8,10,12-13,15,17-18,33,39H,9,11,14,16H2,1H3/t28-/m0/s1. The Bertz CT molecular complexity index is 1550. The van der Waals surface area contributed by atoms with Gasteiger partial charge < -0.3 is 10.4 Å². The van der Waals surface area contributed by atoms with Gasteiger partial charge in [0.25, 0.3) is 0 Å². The first-order valence-corrected chi connectivity index (χ1v) is 12.3. The van der Waals surface area contributed by atoms with Crippen LogP contribution in [0.3, 0.4) is 0 Å². The third-order valence-electron chi connectivity index (χ3n) is 6.49. The lowest BCUT2D eigenvalue weighted by Gasteiger charge is -2.29. The SMILES string of the molecule is Cn1cc(-c2ccncc2CNCC[C@](O)(Cn2cncn2)c2ccc(F)cc2F)c(-c2ccc(F)cc2)n1. The predicted octanol–water partition coefficient (Wildman–Crippen LogP) is 4.23. The second-order valence-corrected chi connectivity index (χ2v) is 9.28. The number of aromatic nitrogens is 6. The van der Waals surface area contributed by atoms with Gasteiger partial charge in [-0.1, -0.05) is 6.07 Å². The van der Waals surface area contributed by atoms with Crippen LogP contribution in [0.25, 0.3) is 22.4 Å². The Balaban J connectivity index is 1.35. The van der Waals surface area contributed by atoms with Crippen LogP contribution in [-0.4, -0.2) is 41.2 Å². The van der Waals surface area contributed by atoms with Crippen LogP contribution in [-0.2, 0) is 25.7 Å². The molecule has 5 rings (SSSR count). The summed E-state index contributed by atoms with van der Waals surface area (Å²) >= 11 is 0. The van der Waals surface area contributed by atoms with E-state index in [-0.39, 0.29) is 24.3 Å². The summed E-state index contributed by atoms with van der Waals surface area (Å²) in [6.07, 6.45) is 8.18. The number of pyridine rings is 1. The Hall–Kier alpha value is -4.35. The smallest absolute Gasteiger partial charge is 0.137 e. The molecular weight excluding hydrogens is 507 g/mol. The number of aryl methyl sites for hydroxylation is 1. The maximum atomic E-state index is 14.7. The number of nitrogens with one attached hydrogen (secondary N) is 1. The molecular formula is C28H26F3N7O. The van der Waals surface area contributed by atoms with E-state index in [1.807, 2.05) is 19.3 Å². The van der Waals surface area contributed by atoms with Crippen LogP contribution in [0, 0.1) is 17.5 Å². The number of hydrogen-bond acceptors (Lipinski definition) is 6. The fourth-order valence-corrected chi connectivity index (χ4v) is 4.60. The molecule has 5 aromatic rings. The zero-order chi connectivity index (χ0) is 27.4. The highest BCUT2D eigenvalue weighted by Gasteiger charge is 2.33. The van der Waals surface area contributed by atoms with Crippen molar-refractivity contribution in [2.45, 2.75) is 25.1 Å². The van der Waals surface area contributed by atoms with Gasteiger partial charge in [0.1, 0.15) is 41.4 Å². The van der Waals surface area contributed by atoms with Gasteiger partial charge in [0.2, 0.25) is 0 Å². The number of hydrogen-bond donors (Lipinski definition) is 2. The summed E-state index contributed by atoms with van der Waals surface area (Å²) < 4.78 is 44.8. The lowest BCUT2D eigenvalue weighted by molar-refractivity contribution is 0.00327. The summed E-state index contributed by atoms with van der Waals surface area (Å²) in [6, 6.07) is 11.2. The number of aliphatic hydroxyl groups is 1. The van der Waals surface area contributed by atoms with Gasteiger partial charge in [-0.15, -0.1) is 0 Å². The predicted molar refractivity (Wildman–Crippen MR) is 138 cm³/mol. The molecule has 2 N–H and O–H groups in total. The van der Waals surface area contributed by atoms with Gasteiger partial charge >= 0.3 is 0 Å². The molecule has 2 aromatic carbocycles. The lowest BCUT2D eigenvalue weighted by atomic mass is 9.89. The summed E-state index contributed by atoms with van der Waals surface area (Å²) in [6.45, 7) is 0.631. The van der Waals surface area contributed by atoms with Crippen molar-refractivity contribution in [3.8, 4) is 22.4 Å². The Kier molecular flexibility index (Phi) is 7.53. The Morgan fingerprint density at radius 1 is 0.974 bits per heavy atom. The first-order valence-electron chi connectivity index (χ1n) is 12.3. The second-order valence-electron chi connectivity index (χ2n) is 9.28. The quantitative estimate of drug-likeness (QED) is 0.261. The molecule has 0 fully saturated rings. The normalized spacial score (nSPS) is 12.9. The Morgan fingerprint density at radius 2 is 1.77 bits per heavy atom. The molecule has 0 saturated heterocycles. The molecule has 0 aliphatic rings. The van der Waals surface area contributed by atoms with Gasteiger partial charge in [0.15, 0.2) is 0 Å². The largest absolute Gasteiger partial charge is 0.383 e. The minimum atomic E-state index is -1.67. The van der Waals surface area contributed by atoms with Crippen molar-refractivity contribution in [2.24, 2.45) is 7.05 Å². The van der Waals surface area contributed by atoms with E-state index >= 15 is 0 Å². The maximum Gasteiger partial charge on any atom is 0.137 e. The van der Waals surface area contributed by atoms with E-state index in [4.69, 9.17) is 0 Å². The van der Waals surface area contributed by atoms with Crippen molar-refractivity contribution in [3.05, 3.63) is 108 Å².